The minimum Gasteiger partial charge on any atom is -0.474 e. The lowest BCUT2D eigenvalue weighted by atomic mass is 10.0. The molecule has 1 unspecified atom stereocenters. The molecule has 15 heteroatoms. The van der Waals surface area contributed by atoms with Gasteiger partial charge in [0, 0.05) is 24.5 Å². The lowest BCUT2D eigenvalue weighted by Crippen LogP contribution is -2.36. The van der Waals surface area contributed by atoms with E-state index in [1.165, 1.54) is 19.3 Å². The van der Waals surface area contributed by atoms with Crippen LogP contribution >= 0.6 is 0 Å². The summed E-state index contributed by atoms with van der Waals surface area (Å²) in [6, 6.07) is -0.324. The maximum atomic E-state index is 13.4. The Morgan fingerprint density at radius 2 is 1.65 bits per heavy atom. The standard InChI is InChI=1S/C22H17F6N5O4/c1-10(15-16(30-5-4-29-15)17-31-18(20(35)36)37-32-17)33(9-11-2-3-11)19(34)12-6-13(21(23,24)25)8-14(7-12)22(26,27)28/h4-8,10-11H,2-3,9H2,1H3,(H,35,36). The number of nitrogens with zero attached hydrogens (tertiary/aromatic N) is 5. The molecule has 0 bridgehead atoms. The molecule has 37 heavy (non-hydrogen) atoms. The zero-order chi connectivity index (χ0) is 27.1. The molecule has 2 heterocycles. The summed E-state index contributed by atoms with van der Waals surface area (Å²) in [5.41, 5.74) is -4.05. The topological polar surface area (TPSA) is 122 Å². The summed E-state index contributed by atoms with van der Waals surface area (Å²) in [4.78, 5) is 37.6. The summed E-state index contributed by atoms with van der Waals surface area (Å²) in [6.07, 6.45) is -6.33. The molecule has 1 aromatic carbocycles. The van der Waals surface area contributed by atoms with Gasteiger partial charge in [-0.15, -0.1) is 0 Å². The normalized spacial score (nSPS) is 14.9. The zero-order valence-electron chi connectivity index (χ0n) is 18.8. The van der Waals surface area contributed by atoms with Crippen molar-refractivity contribution in [3.8, 4) is 11.5 Å². The summed E-state index contributed by atoms with van der Waals surface area (Å²) in [6.45, 7) is 1.49. The third-order valence-electron chi connectivity index (χ3n) is 5.66. The van der Waals surface area contributed by atoms with Gasteiger partial charge in [0.25, 0.3) is 5.91 Å². The summed E-state index contributed by atoms with van der Waals surface area (Å²) in [7, 11) is 0. The Morgan fingerprint density at radius 3 is 2.16 bits per heavy atom. The predicted octanol–water partition coefficient (Wildman–Crippen LogP) is 4.88. The second-order valence-corrected chi connectivity index (χ2v) is 8.39. The minimum absolute atomic E-state index is 0.0109. The van der Waals surface area contributed by atoms with E-state index in [0.29, 0.717) is 25.0 Å². The largest absolute Gasteiger partial charge is 0.474 e. The quantitative estimate of drug-likeness (QED) is 0.430. The minimum atomic E-state index is -5.12. The van der Waals surface area contributed by atoms with Crippen LogP contribution in [0, 0.1) is 5.92 Å². The van der Waals surface area contributed by atoms with Gasteiger partial charge in [0.1, 0.15) is 5.69 Å². The number of carboxylic acid groups (broad SMARTS) is 1. The van der Waals surface area contributed by atoms with Crippen LogP contribution in [0.2, 0.25) is 0 Å². The van der Waals surface area contributed by atoms with E-state index in [4.69, 9.17) is 5.11 Å². The smallest absolute Gasteiger partial charge is 0.416 e. The number of rotatable bonds is 7. The van der Waals surface area contributed by atoms with Crippen LogP contribution in [0.15, 0.2) is 35.1 Å². The first-order valence-electron chi connectivity index (χ1n) is 10.7. The molecular formula is C22H17F6N5O4. The van der Waals surface area contributed by atoms with Gasteiger partial charge < -0.3 is 14.5 Å². The lowest BCUT2D eigenvalue weighted by Gasteiger charge is -2.30. The lowest BCUT2D eigenvalue weighted by molar-refractivity contribution is -0.143. The number of carbonyl (C=O) groups excluding carboxylic acids is 1. The summed E-state index contributed by atoms with van der Waals surface area (Å²) < 4.78 is 84.8. The van der Waals surface area contributed by atoms with Crippen LogP contribution in [0.3, 0.4) is 0 Å². The predicted molar refractivity (Wildman–Crippen MR) is 111 cm³/mol. The molecule has 0 aliphatic heterocycles. The Labute approximate surface area is 204 Å². The Balaban J connectivity index is 1.77. The van der Waals surface area contributed by atoms with Gasteiger partial charge in [0.05, 0.1) is 22.9 Å². The maximum Gasteiger partial charge on any atom is 0.416 e. The fraction of sp³-hybridized carbons (Fsp3) is 0.364. The van der Waals surface area contributed by atoms with Gasteiger partial charge in [-0.1, -0.05) is 5.16 Å². The van der Waals surface area contributed by atoms with Gasteiger partial charge in [-0.3, -0.25) is 9.78 Å². The van der Waals surface area contributed by atoms with Gasteiger partial charge in [-0.25, -0.2) is 9.78 Å². The highest BCUT2D eigenvalue weighted by Gasteiger charge is 2.39. The molecule has 1 amide bonds. The Kier molecular flexibility index (Phi) is 6.64. The van der Waals surface area contributed by atoms with Crippen molar-refractivity contribution in [2.45, 2.75) is 38.2 Å². The van der Waals surface area contributed by atoms with E-state index >= 15 is 0 Å². The number of carboxylic acids is 1. The number of amides is 1. The first-order valence-corrected chi connectivity index (χ1v) is 10.7. The van der Waals surface area contributed by atoms with Gasteiger partial charge in [-0.05, 0) is 43.9 Å². The van der Waals surface area contributed by atoms with E-state index in [2.05, 4.69) is 24.6 Å². The molecule has 2 aromatic heterocycles. The van der Waals surface area contributed by atoms with Gasteiger partial charge in [-0.2, -0.15) is 31.3 Å². The van der Waals surface area contributed by atoms with Crippen LogP contribution in [0.4, 0.5) is 26.3 Å². The van der Waals surface area contributed by atoms with Crippen molar-refractivity contribution >= 4 is 11.9 Å². The number of hydrogen-bond donors (Lipinski definition) is 1. The highest BCUT2D eigenvalue weighted by atomic mass is 19.4. The van der Waals surface area contributed by atoms with E-state index in [9.17, 15) is 35.9 Å². The van der Waals surface area contributed by atoms with E-state index in [1.807, 2.05) is 0 Å². The van der Waals surface area contributed by atoms with Gasteiger partial charge in [0.2, 0.25) is 5.82 Å². The van der Waals surface area contributed by atoms with Crippen molar-refractivity contribution in [1.29, 1.82) is 0 Å². The zero-order valence-corrected chi connectivity index (χ0v) is 18.8. The van der Waals surface area contributed by atoms with Crippen LogP contribution < -0.4 is 0 Å². The third kappa shape index (κ3) is 5.70. The van der Waals surface area contributed by atoms with Gasteiger partial charge >= 0.3 is 24.2 Å². The molecule has 196 valence electrons. The Bertz CT molecular complexity index is 1300. The Hall–Kier alpha value is -4.04. The monoisotopic (exact) mass is 529 g/mol. The van der Waals surface area contributed by atoms with Crippen LogP contribution in [-0.2, 0) is 12.4 Å². The molecule has 0 saturated heterocycles. The number of halogens is 6. The summed E-state index contributed by atoms with van der Waals surface area (Å²) in [5, 5.41) is 12.6. The van der Waals surface area contributed by atoms with Crippen LogP contribution in [-0.4, -0.2) is 48.5 Å². The first kappa shape index (κ1) is 26.0. The first-order chi connectivity index (χ1) is 17.3. The fourth-order valence-electron chi connectivity index (χ4n) is 3.62. The number of benzene rings is 1. The van der Waals surface area contributed by atoms with Crippen molar-refractivity contribution < 1.29 is 45.6 Å². The van der Waals surface area contributed by atoms with Crippen LogP contribution in [0.1, 0.15) is 63.7 Å². The molecular weight excluding hydrogens is 512 g/mol. The van der Waals surface area contributed by atoms with E-state index in [1.54, 1.807) is 0 Å². The SMILES string of the molecule is CC(c1nccnc1-c1noc(C(=O)O)n1)N(CC1CC1)C(=O)c1cc(C(F)(F)F)cc(C(F)(F)F)c1. The highest BCUT2D eigenvalue weighted by Crippen LogP contribution is 2.38. The van der Waals surface area contributed by atoms with Gasteiger partial charge in [0.15, 0.2) is 0 Å². The third-order valence-corrected chi connectivity index (χ3v) is 5.66. The van der Waals surface area contributed by atoms with E-state index < -0.39 is 52.9 Å². The second kappa shape index (κ2) is 9.44. The molecule has 9 nitrogen and oxygen atoms in total. The van der Waals surface area contributed by atoms with E-state index in [-0.39, 0.29) is 35.7 Å². The number of alkyl halides is 6. The molecule has 1 atom stereocenters. The average Bonchev–Trinajstić information content (AvgIpc) is 3.52. The molecule has 3 aromatic rings. The van der Waals surface area contributed by atoms with Crippen molar-refractivity contribution in [3.63, 3.8) is 0 Å². The van der Waals surface area contributed by atoms with Crippen molar-refractivity contribution in [2.75, 3.05) is 6.54 Å². The number of aromatic carboxylic acids is 1. The van der Waals surface area contributed by atoms with Crippen LogP contribution in [0.5, 0.6) is 0 Å². The van der Waals surface area contributed by atoms with Crippen molar-refractivity contribution in [2.24, 2.45) is 5.92 Å². The molecule has 1 N–H and O–H groups in total. The number of aromatic nitrogens is 4. The molecule has 1 aliphatic rings. The summed E-state index contributed by atoms with van der Waals surface area (Å²) >= 11 is 0. The molecule has 1 saturated carbocycles. The van der Waals surface area contributed by atoms with Crippen LogP contribution in [0.25, 0.3) is 11.5 Å². The highest BCUT2D eigenvalue weighted by molar-refractivity contribution is 5.95. The molecule has 0 radical (unpaired) electrons. The number of hydrogen-bond acceptors (Lipinski definition) is 7. The average molecular weight is 529 g/mol. The van der Waals surface area contributed by atoms with Crippen molar-refractivity contribution in [3.05, 3.63) is 58.9 Å². The van der Waals surface area contributed by atoms with E-state index in [0.717, 1.165) is 4.90 Å². The molecule has 0 spiro atoms. The maximum absolute atomic E-state index is 13.4. The fourth-order valence-corrected chi connectivity index (χ4v) is 3.62. The van der Waals surface area contributed by atoms with Crippen molar-refractivity contribution in [1.82, 2.24) is 25.0 Å². The molecule has 1 fully saturated rings. The second-order valence-electron chi connectivity index (χ2n) is 8.39. The molecule has 1 aliphatic carbocycles. The number of carbonyl (C=O) groups is 2. The Morgan fingerprint density at radius 1 is 1.05 bits per heavy atom. The molecule has 4 rings (SSSR count). The summed E-state index contributed by atoms with van der Waals surface area (Å²) in [5.74, 6) is -3.61.